The fraction of sp³-hybridized carbons (Fsp3) is 0.308. The van der Waals surface area contributed by atoms with Gasteiger partial charge in [0.15, 0.2) is 17.5 Å². The number of methoxy groups -OCH3 is 2. The van der Waals surface area contributed by atoms with E-state index in [0.717, 1.165) is 47.4 Å². The molecule has 0 aliphatic rings. The molecule has 3 aromatic rings. The van der Waals surface area contributed by atoms with Gasteiger partial charge >= 0.3 is 0 Å². The second-order valence-corrected chi connectivity index (χ2v) is 7.52. The fourth-order valence-corrected chi connectivity index (χ4v) is 3.39. The number of likely N-dealkylation sites (N-methyl/N-ethyl adjacent to an activating group) is 1. The maximum atomic E-state index is 5.89. The predicted molar refractivity (Wildman–Crippen MR) is 131 cm³/mol. The number of hydrogen-bond donors (Lipinski definition) is 1. The molecule has 0 bridgehead atoms. The van der Waals surface area contributed by atoms with Gasteiger partial charge in [0.05, 0.1) is 19.9 Å². The van der Waals surface area contributed by atoms with Crippen molar-refractivity contribution in [3.8, 4) is 17.2 Å². The molecule has 1 heterocycles. The zero-order valence-corrected chi connectivity index (χ0v) is 19.7. The molecule has 0 fully saturated rings. The number of hydrogen-bond acceptors (Lipinski definition) is 5. The molecule has 0 amide bonds. The number of rotatable bonds is 10. The highest BCUT2D eigenvalue weighted by Crippen LogP contribution is 2.27. The molecule has 0 saturated carbocycles. The first-order chi connectivity index (χ1) is 16.1. The highest BCUT2D eigenvalue weighted by molar-refractivity contribution is 5.79. The van der Waals surface area contributed by atoms with Gasteiger partial charge in [-0.25, -0.2) is 0 Å². The van der Waals surface area contributed by atoms with Gasteiger partial charge in [0, 0.05) is 33.4 Å². The molecule has 0 radical (unpaired) electrons. The summed E-state index contributed by atoms with van der Waals surface area (Å²) in [5.41, 5.74) is 3.19. The number of aliphatic imine (C=N–C) groups is 1. The van der Waals surface area contributed by atoms with Crippen molar-refractivity contribution in [2.75, 3.05) is 34.9 Å². The van der Waals surface area contributed by atoms with Gasteiger partial charge in [-0.15, -0.1) is 0 Å². The van der Waals surface area contributed by atoms with Gasteiger partial charge < -0.3 is 24.4 Å². The Balaban J connectivity index is 1.51. The van der Waals surface area contributed by atoms with E-state index in [9.17, 15) is 0 Å². The predicted octanol–water partition coefficient (Wildman–Crippen LogP) is 3.93. The van der Waals surface area contributed by atoms with Crippen LogP contribution < -0.4 is 19.5 Å². The third-order valence-electron chi connectivity index (χ3n) is 5.22. The van der Waals surface area contributed by atoms with Crippen molar-refractivity contribution in [2.24, 2.45) is 4.99 Å². The molecular weight excluding hydrogens is 416 g/mol. The third-order valence-corrected chi connectivity index (χ3v) is 5.22. The van der Waals surface area contributed by atoms with Crippen molar-refractivity contribution in [2.45, 2.75) is 19.6 Å². The summed E-state index contributed by atoms with van der Waals surface area (Å²) in [4.78, 5) is 10.8. The van der Waals surface area contributed by atoms with E-state index in [1.165, 1.54) is 5.56 Å². The second kappa shape index (κ2) is 12.3. The van der Waals surface area contributed by atoms with Crippen LogP contribution in [0.4, 0.5) is 0 Å². The smallest absolute Gasteiger partial charge is 0.193 e. The number of nitrogens with zero attached hydrogens (tertiary/aromatic N) is 3. The van der Waals surface area contributed by atoms with E-state index in [4.69, 9.17) is 14.2 Å². The Kier molecular flexibility index (Phi) is 8.94. The van der Waals surface area contributed by atoms with E-state index < -0.39 is 0 Å². The zero-order chi connectivity index (χ0) is 23.5. The zero-order valence-electron chi connectivity index (χ0n) is 19.7. The average Bonchev–Trinajstić information content (AvgIpc) is 2.87. The molecule has 3 rings (SSSR count). The number of guanidine groups is 1. The van der Waals surface area contributed by atoms with E-state index >= 15 is 0 Å². The summed E-state index contributed by atoms with van der Waals surface area (Å²) in [6, 6.07) is 19.9. The second-order valence-electron chi connectivity index (χ2n) is 7.52. The molecule has 2 aromatic carbocycles. The normalized spacial score (nSPS) is 11.1. The van der Waals surface area contributed by atoms with Crippen molar-refractivity contribution in [1.82, 2.24) is 15.2 Å². The van der Waals surface area contributed by atoms with Crippen molar-refractivity contribution in [3.05, 3.63) is 83.7 Å². The number of nitrogens with one attached hydrogen (secondary N) is 1. The van der Waals surface area contributed by atoms with Crippen LogP contribution in [0.25, 0.3) is 0 Å². The Morgan fingerprint density at radius 2 is 1.82 bits per heavy atom. The number of benzene rings is 2. The van der Waals surface area contributed by atoms with Crippen molar-refractivity contribution in [1.29, 1.82) is 0 Å². The third kappa shape index (κ3) is 7.14. The molecule has 7 heteroatoms. The topological polar surface area (TPSA) is 68.2 Å². The van der Waals surface area contributed by atoms with Crippen LogP contribution in [0.1, 0.15) is 16.8 Å². The van der Waals surface area contributed by atoms with Gasteiger partial charge in [-0.05, 0) is 53.9 Å². The van der Waals surface area contributed by atoms with Gasteiger partial charge in [0.1, 0.15) is 12.4 Å². The van der Waals surface area contributed by atoms with Crippen LogP contribution in [0.2, 0.25) is 0 Å². The van der Waals surface area contributed by atoms with E-state index in [0.29, 0.717) is 13.2 Å². The quantitative estimate of drug-likeness (QED) is 0.374. The maximum absolute atomic E-state index is 5.89. The molecule has 1 N–H and O–H groups in total. The number of ether oxygens (including phenoxy) is 3. The average molecular weight is 449 g/mol. The lowest BCUT2D eigenvalue weighted by molar-refractivity contribution is 0.301. The van der Waals surface area contributed by atoms with E-state index in [-0.39, 0.29) is 0 Å². The van der Waals surface area contributed by atoms with Crippen molar-refractivity contribution >= 4 is 5.96 Å². The first-order valence-electron chi connectivity index (χ1n) is 10.9. The highest BCUT2D eigenvalue weighted by Gasteiger charge is 2.09. The molecule has 0 spiro atoms. The molecule has 0 atom stereocenters. The lowest BCUT2D eigenvalue weighted by Gasteiger charge is -2.22. The Morgan fingerprint density at radius 1 is 0.970 bits per heavy atom. The lowest BCUT2D eigenvalue weighted by Crippen LogP contribution is -2.39. The molecule has 7 nitrogen and oxygen atoms in total. The van der Waals surface area contributed by atoms with Crippen LogP contribution in [-0.4, -0.2) is 50.7 Å². The molecule has 0 aliphatic heterocycles. The SMILES string of the molecule is CN=C(NCc1cccc(OCc2ccccn2)c1)N(C)CCc1ccc(OC)c(OC)c1. The summed E-state index contributed by atoms with van der Waals surface area (Å²) in [7, 11) is 7.12. The first-order valence-corrected chi connectivity index (χ1v) is 10.9. The van der Waals surface area contributed by atoms with Crippen LogP contribution in [-0.2, 0) is 19.6 Å². The summed E-state index contributed by atoms with van der Waals surface area (Å²) < 4.78 is 16.6. The van der Waals surface area contributed by atoms with Gasteiger partial charge in [-0.2, -0.15) is 0 Å². The molecule has 0 aliphatic carbocycles. The summed E-state index contributed by atoms with van der Waals surface area (Å²) >= 11 is 0. The molecular formula is C26H32N4O3. The Hall–Kier alpha value is -3.74. The van der Waals surface area contributed by atoms with Gasteiger partial charge in [0.25, 0.3) is 0 Å². The van der Waals surface area contributed by atoms with Gasteiger partial charge in [-0.1, -0.05) is 24.3 Å². The monoisotopic (exact) mass is 448 g/mol. The van der Waals surface area contributed by atoms with E-state index in [1.54, 1.807) is 27.5 Å². The highest BCUT2D eigenvalue weighted by atomic mass is 16.5. The summed E-state index contributed by atoms with van der Waals surface area (Å²) in [5, 5.41) is 3.43. The molecule has 0 saturated heterocycles. The maximum Gasteiger partial charge on any atom is 0.193 e. The molecule has 33 heavy (non-hydrogen) atoms. The molecule has 0 unspecified atom stereocenters. The molecule has 1 aromatic heterocycles. The Labute approximate surface area is 196 Å². The van der Waals surface area contributed by atoms with Gasteiger partial charge in [-0.3, -0.25) is 9.98 Å². The number of pyridine rings is 1. The minimum atomic E-state index is 0.443. The van der Waals surface area contributed by atoms with Crippen LogP contribution in [0, 0.1) is 0 Å². The first kappa shape index (κ1) is 23.9. The summed E-state index contributed by atoms with van der Waals surface area (Å²) in [5.74, 6) is 3.12. The van der Waals surface area contributed by atoms with Crippen LogP contribution in [0.5, 0.6) is 17.2 Å². The summed E-state index contributed by atoms with van der Waals surface area (Å²) in [6.45, 7) is 1.90. The Bertz CT molecular complexity index is 1040. The van der Waals surface area contributed by atoms with Crippen LogP contribution >= 0.6 is 0 Å². The Morgan fingerprint density at radius 3 is 2.55 bits per heavy atom. The van der Waals surface area contributed by atoms with Gasteiger partial charge in [0.2, 0.25) is 0 Å². The lowest BCUT2D eigenvalue weighted by atomic mass is 10.1. The van der Waals surface area contributed by atoms with Crippen LogP contribution in [0.15, 0.2) is 71.9 Å². The fourth-order valence-electron chi connectivity index (χ4n) is 3.39. The minimum absolute atomic E-state index is 0.443. The van der Waals surface area contributed by atoms with E-state index in [2.05, 4.69) is 32.3 Å². The standard InChI is InChI=1S/C26H32N4O3/c1-27-26(30(2)15-13-20-11-12-24(31-3)25(17-20)32-4)29-18-21-8-7-10-23(16-21)33-19-22-9-5-6-14-28-22/h5-12,14,16-17H,13,15,18-19H2,1-4H3,(H,27,29). The van der Waals surface area contributed by atoms with Crippen LogP contribution in [0.3, 0.4) is 0 Å². The summed E-state index contributed by atoms with van der Waals surface area (Å²) in [6.07, 6.45) is 2.63. The number of aromatic nitrogens is 1. The molecule has 174 valence electrons. The van der Waals surface area contributed by atoms with Crippen molar-refractivity contribution in [3.63, 3.8) is 0 Å². The minimum Gasteiger partial charge on any atom is -0.493 e. The largest absolute Gasteiger partial charge is 0.493 e. The van der Waals surface area contributed by atoms with E-state index in [1.807, 2.05) is 55.6 Å². The van der Waals surface area contributed by atoms with Crippen molar-refractivity contribution < 1.29 is 14.2 Å².